The number of nitrogens with one attached hydrogen (secondary N) is 1. The predicted octanol–water partition coefficient (Wildman–Crippen LogP) is 3.75. The first kappa shape index (κ1) is 17.7. The first-order chi connectivity index (χ1) is 13.1. The van der Waals surface area contributed by atoms with Crippen LogP contribution in [-0.2, 0) is 13.0 Å². The molecule has 6 nitrogen and oxygen atoms in total. The Bertz CT molecular complexity index is 1080. The molecule has 4 rings (SSSR count). The Morgan fingerprint density at radius 3 is 2.96 bits per heavy atom. The van der Waals surface area contributed by atoms with Crippen LogP contribution >= 0.6 is 11.3 Å². The van der Waals surface area contributed by atoms with Crippen molar-refractivity contribution in [3.8, 4) is 5.75 Å². The minimum absolute atomic E-state index is 0.0304. The summed E-state index contributed by atoms with van der Waals surface area (Å²) in [5.41, 5.74) is 1.28. The number of carbonyl (C=O) groups is 1. The van der Waals surface area contributed by atoms with Gasteiger partial charge in [0.2, 0.25) is 0 Å². The number of aromatic nitrogens is 2. The molecule has 0 radical (unpaired) electrons. The number of benzene rings is 1. The minimum Gasteiger partial charge on any atom is -0.492 e. The number of hydrogen-bond acceptors (Lipinski definition) is 5. The fourth-order valence-electron chi connectivity index (χ4n) is 3.48. The largest absolute Gasteiger partial charge is 0.492 e. The maximum Gasteiger partial charge on any atom is 0.266 e. The van der Waals surface area contributed by atoms with Gasteiger partial charge in [-0.05, 0) is 44.4 Å². The van der Waals surface area contributed by atoms with Gasteiger partial charge in [0.1, 0.15) is 16.4 Å². The van der Waals surface area contributed by atoms with Gasteiger partial charge in [-0.15, -0.1) is 11.3 Å². The van der Waals surface area contributed by atoms with Gasteiger partial charge in [0.05, 0.1) is 22.6 Å². The van der Waals surface area contributed by atoms with Crippen LogP contribution in [0.25, 0.3) is 10.2 Å². The van der Waals surface area contributed by atoms with E-state index in [9.17, 15) is 9.59 Å². The summed E-state index contributed by atoms with van der Waals surface area (Å²) < 4.78 is 7.33. The van der Waals surface area contributed by atoms with Gasteiger partial charge in [-0.25, -0.2) is 4.98 Å². The molecule has 3 aromatic rings. The molecular formula is C20H21N3O3S. The fraction of sp³-hybridized carbons (Fsp3) is 0.350. The summed E-state index contributed by atoms with van der Waals surface area (Å²) in [7, 11) is 0. The van der Waals surface area contributed by atoms with Crippen molar-refractivity contribution in [3.05, 3.63) is 50.9 Å². The average molecular weight is 383 g/mol. The zero-order valence-corrected chi connectivity index (χ0v) is 16.2. The molecule has 1 aromatic carbocycles. The molecule has 0 bridgehead atoms. The summed E-state index contributed by atoms with van der Waals surface area (Å²) >= 11 is 1.28. The highest BCUT2D eigenvalue weighted by Gasteiger charge is 2.23. The van der Waals surface area contributed by atoms with Gasteiger partial charge in [0.15, 0.2) is 0 Å². The van der Waals surface area contributed by atoms with Crippen molar-refractivity contribution in [2.75, 3.05) is 11.9 Å². The molecule has 0 saturated carbocycles. The van der Waals surface area contributed by atoms with E-state index in [-0.39, 0.29) is 11.5 Å². The minimum atomic E-state index is -0.245. The molecule has 7 heteroatoms. The smallest absolute Gasteiger partial charge is 0.266 e. The standard InChI is InChI=1S/C20H21N3O3S/c1-3-26-14-9-5-4-8-13(14)21-18(24)17-12(2)16-19(27-17)22-15-10-6-7-11-23(15)20(16)25/h4-5,8-9H,3,6-7,10-11H2,1-2H3,(H,21,24). The van der Waals surface area contributed by atoms with Gasteiger partial charge in [-0.3, -0.25) is 14.2 Å². The van der Waals surface area contributed by atoms with E-state index in [2.05, 4.69) is 10.3 Å². The molecule has 0 atom stereocenters. The summed E-state index contributed by atoms with van der Waals surface area (Å²) in [4.78, 5) is 31.6. The third-order valence-corrected chi connectivity index (χ3v) is 5.99. The second kappa shape index (κ2) is 7.15. The molecule has 1 aliphatic rings. The first-order valence-corrected chi connectivity index (χ1v) is 9.97. The maximum absolute atomic E-state index is 12.9. The number of ether oxygens (including phenoxy) is 1. The van der Waals surface area contributed by atoms with E-state index in [1.165, 1.54) is 11.3 Å². The van der Waals surface area contributed by atoms with Crippen LogP contribution < -0.4 is 15.6 Å². The molecule has 3 heterocycles. The topological polar surface area (TPSA) is 73.2 Å². The Hall–Kier alpha value is -2.67. The third-order valence-electron chi connectivity index (χ3n) is 4.80. The molecular weight excluding hydrogens is 362 g/mol. The number of fused-ring (bicyclic) bond motifs is 2. The molecule has 0 fully saturated rings. The van der Waals surface area contributed by atoms with Crippen molar-refractivity contribution < 1.29 is 9.53 Å². The average Bonchev–Trinajstić information content (AvgIpc) is 3.00. The van der Waals surface area contributed by atoms with E-state index >= 15 is 0 Å². The Kier molecular flexibility index (Phi) is 4.70. The van der Waals surface area contributed by atoms with Crippen LogP contribution in [0, 0.1) is 6.92 Å². The van der Waals surface area contributed by atoms with Crippen LogP contribution in [0.1, 0.15) is 40.8 Å². The second-order valence-electron chi connectivity index (χ2n) is 6.56. The molecule has 1 amide bonds. The van der Waals surface area contributed by atoms with E-state index in [0.717, 1.165) is 25.1 Å². The van der Waals surface area contributed by atoms with E-state index in [4.69, 9.17) is 4.74 Å². The molecule has 140 valence electrons. The third kappa shape index (κ3) is 3.12. The number of hydrogen-bond donors (Lipinski definition) is 1. The molecule has 2 aromatic heterocycles. The van der Waals surface area contributed by atoms with E-state index in [1.807, 2.05) is 32.0 Å². The summed E-state index contributed by atoms with van der Waals surface area (Å²) in [5.74, 6) is 1.21. The number of thiophene rings is 1. The summed E-state index contributed by atoms with van der Waals surface area (Å²) in [6.45, 7) is 4.94. The van der Waals surface area contributed by atoms with Gasteiger partial charge < -0.3 is 10.1 Å². The Morgan fingerprint density at radius 2 is 2.15 bits per heavy atom. The maximum atomic E-state index is 12.9. The van der Waals surface area contributed by atoms with Crippen LogP contribution in [-0.4, -0.2) is 22.1 Å². The molecule has 1 aliphatic heterocycles. The van der Waals surface area contributed by atoms with Crippen molar-refractivity contribution >= 4 is 33.1 Å². The van der Waals surface area contributed by atoms with Gasteiger partial charge in [0.25, 0.3) is 11.5 Å². The number of para-hydroxylation sites is 2. The lowest BCUT2D eigenvalue weighted by Gasteiger charge is -2.16. The van der Waals surface area contributed by atoms with Gasteiger partial charge in [-0.2, -0.15) is 0 Å². The van der Waals surface area contributed by atoms with Crippen LogP contribution in [0.15, 0.2) is 29.1 Å². The Balaban J connectivity index is 1.74. The first-order valence-electron chi connectivity index (χ1n) is 9.16. The van der Waals surface area contributed by atoms with Crippen molar-refractivity contribution in [3.63, 3.8) is 0 Å². The van der Waals surface area contributed by atoms with E-state index < -0.39 is 0 Å². The Labute approximate surface area is 160 Å². The number of anilines is 1. The lowest BCUT2D eigenvalue weighted by Crippen LogP contribution is -2.28. The number of carbonyl (C=O) groups excluding carboxylic acids is 1. The lowest BCUT2D eigenvalue weighted by atomic mass is 10.1. The van der Waals surface area contributed by atoms with Gasteiger partial charge in [0, 0.05) is 13.0 Å². The molecule has 27 heavy (non-hydrogen) atoms. The van der Waals surface area contributed by atoms with Crippen molar-refractivity contribution in [2.24, 2.45) is 0 Å². The summed E-state index contributed by atoms with van der Waals surface area (Å²) in [6.07, 6.45) is 2.85. The molecule has 0 unspecified atom stereocenters. The van der Waals surface area contributed by atoms with Crippen molar-refractivity contribution in [1.29, 1.82) is 0 Å². The highest BCUT2D eigenvalue weighted by molar-refractivity contribution is 7.20. The van der Waals surface area contributed by atoms with Gasteiger partial charge >= 0.3 is 0 Å². The number of rotatable bonds is 4. The zero-order valence-electron chi connectivity index (χ0n) is 15.4. The zero-order chi connectivity index (χ0) is 19.0. The molecule has 1 N–H and O–H groups in total. The van der Waals surface area contributed by atoms with Crippen molar-refractivity contribution in [2.45, 2.75) is 39.7 Å². The predicted molar refractivity (Wildman–Crippen MR) is 107 cm³/mol. The summed E-state index contributed by atoms with van der Waals surface area (Å²) in [5, 5.41) is 3.48. The second-order valence-corrected chi connectivity index (χ2v) is 7.56. The molecule has 0 aliphatic carbocycles. The Morgan fingerprint density at radius 1 is 1.33 bits per heavy atom. The van der Waals surface area contributed by atoms with E-state index in [1.54, 1.807) is 10.6 Å². The van der Waals surface area contributed by atoms with Crippen LogP contribution in [0.4, 0.5) is 5.69 Å². The normalized spacial score (nSPS) is 13.4. The molecule has 0 saturated heterocycles. The van der Waals surface area contributed by atoms with Crippen LogP contribution in [0.5, 0.6) is 5.75 Å². The fourth-order valence-corrected chi connectivity index (χ4v) is 4.57. The van der Waals surface area contributed by atoms with Gasteiger partial charge in [-0.1, -0.05) is 12.1 Å². The highest BCUT2D eigenvalue weighted by Crippen LogP contribution is 2.30. The number of aryl methyl sites for hydroxylation is 2. The summed E-state index contributed by atoms with van der Waals surface area (Å²) in [6, 6.07) is 7.33. The van der Waals surface area contributed by atoms with E-state index in [0.29, 0.717) is 45.2 Å². The quantitative estimate of drug-likeness (QED) is 0.745. The monoisotopic (exact) mass is 383 g/mol. The van der Waals surface area contributed by atoms with Crippen LogP contribution in [0.3, 0.4) is 0 Å². The molecule has 0 spiro atoms. The number of amides is 1. The number of nitrogens with zero attached hydrogens (tertiary/aromatic N) is 2. The SMILES string of the molecule is CCOc1ccccc1NC(=O)c1sc2nc3n(c(=O)c2c1C)CCCC3. The van der Waals surface area contributed by atoms with Crippen LogP contribution in [0.2, 0.25) is 0 Å². The van der Waals surface area contributed by atoms with Crippen molar-refractivity contribution in [1.82, 2.24) is 9.55 Å². The lowest BCUT2D eigenvalue weighted by molar-refractivity contribution is 0.102. The highest BCUT2D eigenvalue weighted by atomic mass is 32.1.